The van der Waals surface area contributed by atoms with Crippen LogP contribution in [0.4, 0.5) is 5.69 Å². The molecule has 4 unspecified atom stereocenters. The lowest BCUT2D eigenvalue weighted by Crippen LogP contribution is -2.38. The number of imide groups is 1. The molecule has 22 heavy (non-hydrogen) atoms. The fourth-order valence-electron chi connectivity index (χ4n) is 4.01. The minimum Gasteiger partial charge on any atom is -0.505 e. The van der Waals surface area contributed by atoms with Crippen LogP contribution in [0.15, 0.2) is 24.3 Å². The van der Waals surface area contributed by atoms with E-state index in [4.69, 9.17) is 23.2 Å². The smallest absolute Gasteiger partial charge is 0.238 e. The molecule has 4 nitrogen and oxygen atoms in total. The zero-order valence-corrected chi connectivity index (χ0v) is 13.0. The third-order valence-electron chi connectivity index (χ3n) is 5.02. The number of allylic oxidation sites excluding steroid dienone is 2. The van der Waals surface area contributed by atoms with Crippen molar-refractivity contribution in [1.29, 1.82) is 0 Å². The van der Waals surface area contributed by atoms with Crippen LogP contribution in [0.3, 0.4) is 0 Å². The molecular formula is C16H13Cl2NO3. The van der Waals surface area contributed by atoms with Crippen molar-refractivity contribution in [1.82, 2.24) is 0 Å². The standard InChI is InChI=1S/C16H13Cl2NO3/c17-10-5-9(6-11(18)14(10)20)19-15(21)12-7-1-2-8(4-3-7)13(12)16(19)22/h1-2,5-8,12-13,20H,3-4H2. The number of halogens is 2. The van der Waals surface area contributed by atoms with Gasteiger partial charge in [0.25, 0.3) is 0 Å². The lowest BCUT2D eigenvalue weighted by Gasteiger charge is -2.38. The molecule has 2 fully saturated rings. The molecule has 1 aromatic rings. The number of nitrogens with zero attached hydrogens (tertiary/aromatic N) is 1. The van der Waals surface area contributed by atoms with Gasteiger partial charge in [0.1, 0.15) is 0 Å². The van der Waals surface area contributed by atoms with E-state index in [2.05, 4.69) is 12.2 Å². The van der Waals surface area contributed by atoms with Crippen molar-refractivity contribution < 1.29 is 14.7 Å². The Kier molecular flexibility index (Phi) is 3.03. The van der Waals surface area contributed by atoms with Crippen molar-refractivity contribution in [2.24, 2.45) is 23.7 Å². The molecule has 3 aliphatic carbocycles. The second-order valence-electron chi connectivity index (χ2n) is 6.11. The first-order valence-corrected chi connectivity index (χ1v) is 7.99. The highest BCUT2D eigenvalue weighted by Gasteiger charge is 2.56. The molecule has 1 aromatic carbocycles. The zero-order chi connectivity index (χ0) is 15.6. The normalized spacial score (nSPS) is 32.7. The number of hydrogen-bond acceptors (Lipinski definition) is 3. The number of anilines is 1. The SMILES string of the molecule is O=C1C2C3C=CC(CC3)C2C(=O)N1c1cc(Cl)c(O)c(Cl)c1. The number of phenolic OH excluding ortho intramolecular Hbond substituents is 1. The van der Waals surface area contributed by atoms with Crippen LogP contribution in [0.2, 0.25) is 10.0 Å². The Labute approximate surface area is 137 Å². The summed E-state index contributed by atoms with van der Waals surface area (Å²) in [6.07, 6.45) is 6.04. The Morgan fingerprint density at radius 2 is 1.41 bits per heavy atom. The number of fused-ring (bicyclic) bond motifs is 1. The maximum Gasteiger partial charge on any atom is 0.238 e. The third-order valence-corrected chi connectivity index (χ3v) is 5.60. The van der Waals surface area contributed by atoms with Gasteiger partial charge in [0.15, 0.2) is 5.75 Å². The summed E-state index contributed by atoms with van der Waals surface area (Å²) in [4.78, 5) is 26.7. The summed E-state index contributed by atoms with van der Waals surface area (Å²) < 4.78 is 0. The number of phenols is 1. The summed E-state index contributed by atoms with van der Waals surface area (Å²) in [5.41, 5.74) is 0.330. The molecule has 4 aliphatic rings. The van der Waals surface area contributed by atoms with Crippen LogP contribution in [-0.4, -0.2) is 16.9 Å². The molecule has 5 rings (SSSR count). The number of rotatable bonds is 1. The van der Waals surface area contributed by atoms with Gasteiger partial charge in [-0.2, -0.15) is 0 Å². The molecule has 1 saturated carbocycles. The van der Waals surface area contributed by atoms with E-state index < -0.39 is 0 Å². The molecule has 1 heterocycles. The van der Waals surface area contributed by atoms with Gasteiger partial charge in [-0.25, -0.2) is 4.90 Å². The van der Waals surface area contributed by atoms with Crippen LogP contribution >= 0.6 is 23.2 Å². The van der Waals surface area contributed by atoms with Crippen LogP contribution < -0.4 is 4.90 Å². The molecular weight excluding hydrogens is 325 g/mol. The lowest BCUT2D eigenvalue weighted by atomic mass is 9.63. The van der Waals surface area contributed by atoms with Crippen molar-refractivity contribution >= 4 is 40.7 Å². The number of benzene rings is 1. The van der Waals surface area contributed by atoms with Crippen molar-refractivity contribution in [2.45, 2.75) is 12.8 Å². The highest BCUT2D eigenvalue weighted by molar-refractivity contribution is 6.38. The molecule has 0 radical (unpaired) electrons. The van der Waals surface area contributed by atoms with E-state index in [1.807, 2.05) is 0 Å². The van der Waals surface area contributed by atoms with E-state index in [1.54, 1.807) is 0 Å². The number of hydrogen-bond donors (Lipinski definition) is 1. The Morgan fingerprint density at radius 1 is 0.955 bits per heavy atom. The topological polar surface area (TPSA) is 57.6 Å². The van der Waals surface area contributed by atoms with E-state index in [0.717, 1.165) is 12.8 Å². The zero-order valence-electron chi connectivity index (χ0n) is 11.5. The van der Waals surface area contributed by atoms with Gasteiger partial charge in [-0.3, -0.25) is 9.59 Å². The van der Waals surface area contributed by atoms with Gasteiger partial charge in [0.05, 0.1) is 27.6 Å². The first kappa shape index (κ1) is 14.1. The second-order valence-corrected chi connectivity index (χ2v) is 6.93. The summed E-state index contributed by atoms with van der Waals surface area (Å²) in [6, 6.07) is 2.82. The van der Waals surface area contributed by atoms with Crippen molar-refractivity contribution in [3.05, 3.63) is 34.3 Å². The van der Waals surface area contributed by atoms with Gasteiger partial charge in [0.2, 0.25) is 11.8 Å². The molecule has 6 heteroatoms. The van der Waals surface area contributed by atoms with Crippen LogP contribution in [0.5, 0.6) is 5.75 Å². The van der Waals surface area contributed by atoms with Gasteiger partial charge < -0.3 is 5.11 Å². The van der Waals surface area contributed by atoms with Crippen LogP contribution in [0, 0.1) is 23.7 Å². The molecule has 1 saturated heterocycles. The Hall–Kier alpha value is -1.52. The summed E-state index contributed by atoms with van der Waals surface area (Å²) in [5.74, 6) is -0.895. The Bertz CT molecular complexity index is 675. The number of amides is 2. The van der Waals surface area contributed by atoms with Gasteiger partial charge in [-0.15, -0.1) is 0 Å². The minimum absolute atomic E-state index is 0.0269. The maximum atomic E-state index is 12.8. The van der Waals surface area contributed by atoms with Crippen LogP contribution in [-0.2, 0) is 9.59 Å². The predicted octanol–water partition coefficient (Wildman–Crippen LogP) is 3.40. The van der Waals surface area contributed by atoms with E-state index in [1.165, 1.54) is 17.0 Å². The molecule has 1 aliphatic heterocycles. The molecule has 2 bridgehead atoms. The highest BCUT2D eigenvalue weighted by Crippen LogP contribution is 2.51. The summed E-state index contributed by atoms with van der Waals surface area (Å²) in [5, 5.41) is 9.70. The first-order valence-electron chi connectivity index (χ1n) is 7.23. The summed E-state index contributed by atoms with van der Waals surface area (Å²) in [6.45, 7) is 0. The molecule has 4 atom stereocenters. The molecule has 0 aromatic heterocycles. The fourth-order valence-corrected chi connectivity index (χ4v) is 4.49. The maximum absolute atomic E-state index is 12.8. The van der Waals surface area contributed by atoms with E-state index >= 15 is 0 Å². The van der Waals surface area contributed by atoms with Crippen molar-refractivity contribution in [3.8, 4) is 5.75 Å². The van der Waals surface area contributed by atoms with Crippen molar-refractivity contribution in [3.63, 3.8) is 0 Å². The van der Waals surface area contributed by atoms with Gasteiger partial charge in [-0.1, -0.05) is 35.4 Å². The fraction of sp³-hybridized carbons (Fsp3) is 0.375. The summed E-state index contributed by atoms with van der Waals surface area (Å²) in [7, 11) is 0. The molecule has 114 valence electrons. The number of aromatic hydroxyl groups is 1. The van der Waals surface area contributed by atoms with E-state index in [-0.39, 0.29) is 51.3 Å². The monoisotopic (exact) mass is 337 g/mol. The van der Waals surface area contributed by atoms with Crippen molar-refractivity contribution in [2.75, 3.05) is 4.90 Å². The minimum atomic E-state index is -0.275. The Balaban J connectivity index is 1.78. The largest absolute Gasteiger partial charge is 0.505 e. The van der Waals surface area contributed by atoms with E-state index in [0.29, 0.717) is 5.69 Å². The first-order chi connectivity index (χ1) is 10.5. The highest BCUT2D eigenvalue weighted by atomic mass is 35.5. The average molecular weight is 338 g/mol. The van der Waals surface area contributed by atoms with Crippen LogP contribution in [0.1, 0.15) is 12.8 Å². The molecule has 1 N–H and O–H groups in total. The quantitative estimate of drug-likeness (QED) is 0.631. The van der Waals surface area contributed by atoms with Gasteiger partial charge in [-0.05, 0) is 36.8 Å². The number of carbonyl (C=O) groups is 2. The average Bonchev–Trinajstić information content (AvgIpc) is 2.79. The third kappa shape index (κ3) is 1.77. The predicted molar refractivity (Wildman–Crippen MR) is 83.0 cm³/mol. The molecule has 0 spiro atoms. The summed E-state index contributed by atoms with van der Waals surface area (Å²) >= 11 is 11.8. The van der Waals surface area contributed by atoms with E-state index in [9.17, 15) is 14.7 Å². The lowest BCUT2D eigenvalue weighted by molar-refractivity contribution is -0.124. The Morgan fingerprint density at radius 3 is 1.82 bits per heavy atom. The van der Waals surface area contributed by atoms with Gasteiger partial charge >= 0.3 is 0 Å². The number of carbonyl (C=O) groups excluding carboxylic acids is 2. The second kappa shape index (κ2) is 4.74. The van der Waals surface area contributed by atoms with Crippen LogP contribution in [0.25, 0.3) is 0 Å². The van der Waals surface area contributed by atoms with Gasteiger partial charge in [0, 0.05) is 0 Å². The molecule has 2 amide bonds.